The van der Waals surface area contributed by atoms with Crippen molar-refractivity contribution in [3.05, 3.63) is 66.2 Å². The molecule has 2 aromatic heterocycles. The average Bonchev–Trinajstić information content (AvgIpc) is 3.03. The van der Waals surface area contributed by atoms with E-state index >= 15 is 0 Å². The molecule has 5 heteroatoms. The van der Waals surface area contributed by atoms with Gasteiger partial charge in [-0.05, 0) is 35.7 Å². The van der Waals surface area contributed by atoms with E-state index in [4.69, 9.17) is 4.74 Å². The summed E-state index contributed by atoms with van der Waals surface area (Å²) in [6.07, 6.45) is 4.20. The first-order valence-electron chi connectivity index (χ1n) is 7.99. The number of imidazole rings is 1. The predicted molar refractivity (Wildman–Crippen MR) is 93.1 cm³/mol. The topological polar surface area (TPSA) is 55.6 Å². The summed E-state index contributed by atoms with van der Waals surface area (Å²) < 4.78 is 7.14. The van der Waals surface area contributed by atoms with Crippen molar-refractivity contribution in [2.45, 2.75) is 25.8 Å². The van der Waals surface area contributed by atoms with Gasteiger partial charge in [0.2, 0.25) is 5.91 Å². The molecule has 3 aromatic rings. The maximum Gasteiger partial charge on any atom is 0.220 e. The molecule has 0 bridgehead atoms. The lowest BCUT2D eigenvalue weighted by Gasteiger charge is -2.12. The first-order chi connectivity index (χ1) is 11.7. The van der Waals surface area contributed by atoms with Crippen molar-refractivity contribution in [1.29, 1.82) is 0 Å². The summed E-state index contributed by atoms with van der Waals surface area (Å²) in [6, 6.07) is 13.7. The molecule has 0 radical (unpaired) electrons. The van der Waals surface area contributed by atoms with Crippen molar-refractivity contribution in [2.24, 2.45) is 0 Å². The van der Waals surface area contributed by atoms with Gasteiger partial charge in [0.15, 0.2) is 0 Å². The number of carbonyl (C=O) groups excluding carboxylic acids is 1. The van der Waals surface area contributed by atoms with E-state index in [-0.39, 0.29) is 11.8 Å². The molecule has 24 heavy (non-hydrogen) atoms. The second kappa shape index (κ2) is 7.17. The number of nitrogens with zero attached hydrogens (tertiary/aromatic N) is 2. The fourth-order valence-corrected chi connectivity index (χ4v) is 2.71. The van der Waals surface area contributed by atoms with Crippen LogP contribution in [0, 0.1) is 0 Å². The van der Waals surface area contributed by atoms with Crippen LogP contribution in [0.15, 0.2) is 54.9 Å². The van der Waals surface area contributed by atoms with Crippen LogP contribution in [0.4, 0.5) is 0 Å². The van der Waals surface area contributed by atoms with E-state index < -0.39 is 0 Å². The summed E-state index contributed by atoms with van der Waals surface area (Å²) in [4.78, 5) is 16.6. The summed E-state index contributed by atoms with van der Waals surface area (Å²) in [7, 11) is 1.64. The largest absolute Gasteiger partial charge is 0.497 e. The van der Waals surface area contributed by atoms with Gasteiger partial charge in [-0.1, -0.05) is 25.1 Å². The first-order valence-corrected chi connectivity index (χ1v) is 7.99. The van der Waals surface area contributed by atoms with Gasteiger partial charge < -0.3 is 14.5 Å². The molecule has 1 unspecified atom stereocenters. The number of amides is 1. The molecule has 5 nitrogen and oxygen atoms in total. The Bertz CT molecular complexity index is 824. The minimum Gasteiger partial charge on any atom is -0.497 e. The Hall–Kier alpha value is -2.82. The van der Waals surface area contributed by atoms with Gasteiger partial charge in [0.25, 0.3) is 0 Å². The zero-order valence-electron chi connectivity index (χ0n) is 13.9. The zero-order chi connectivity index (χ0) is 16.9. The Labute approximate surface area is 141 Å². The van der Waals surface area contributed by atoms with Gasteiger partial charge in [-0.2, -0.15) is 0 Å². The molecule has 3 rings (SSSR count). The van der Waals surface area contributed by atoms with Crippen LogP contribution in [0.25, 0.3) is 5.52 Å². The minimum atomic E-state index is 0.0194. The van der Waals surface area contributed by atoms with Crippen LogP contribution in [0.5, 0.6) is 5.75 Å². The highest BCUT2D eigenvalue weighted by molar-refractivity contribution is 5.76. The molecule has 124 valence electrons. The van der Waals surface area contributed by atoms with E-state index in [0.717, 1.165) is 22.7 Å². The fraction of sp³-hybridized carbons (Fsp3) is 0.263. The summed E-state index contributed by atoms with van der Waals surface area (Å²) in [6.45, 7) is 2.47. The number of rotatable bonds is 6. The van der Waals surface area contributed by atoms with E-state index in [9.17, 15) is 4.79 Å². The van der Waals surface area contributed by atoms with E-state index in [1.807, 2.05) is 66.2 Å². The Kier molecular flexibility index (Phi) is 4.79. The SMILES string of the molecule is COc1ccc(C(C)CC(=O)NCc2ncc3ccccn23)cc1. The summed E-state index contributed by atoms with van der Waals surface area (Å²) in [5.41, 5.74) is 2.14. The molecule has 0 fully saturated rings. The Balaban J connectivity index is 1.57. The lowest BCUT2D eigenvalue weighted by Crippen LogP contribution is -2.25. The van der Waals surface area contributed by atoms with Crippen LogP contribution < -0.4 is 10.1 Å². The third-order valence-corrected chi connectivity index (χ3v) is 4.14. The first kappa shape index (κ1) is 16.1. The van der Waals surface area contributed by atoms with Crippen molar-refractivity contribution >= 4 is 11.4 Å². The van der Waals surface area contributed by atoms with Crippen LogP contribution in [0.3, 0.4) is 0 Å². The molecule has 1 amide bonds. The Morgan fingerprint density at radius 1 is 1.25 bits per heavy atom. The number of methoxy groups -OCH3 is 1. The van der Waals surface area contributed by atoms with Crippen LogP contribution in [0.1, 0.15) is 30.7 Å². The van der Waals surface area contributed by atoms with Gasteiger partial charge in [0, 0.05) is 12.6 Å². The van der Waals surface area contributed by atoms with Gasteiger partial charge in [-0.15, -0.1) is 0 Å². The Morgan fingerprint density at radius 2 is 2.04 bits per heavy atom. The van der Waals surface area contributed by atoms with Gasteiger partial charge in [-0.25, -0.2) is 4.98 Å². The molecule has 1 atom stereocenters. The normalized spacial score (nSPS) is 12.1. The predicted octanol–water partition coefficient (Wildman–Crippen LogP) is 3.15. The number of ether oxygens (including phenoxy) is 1. The van der Waals surface area contributed by atoms with Crippen LogP contribution in [-0.4, -0.2) is 22.4 Å². The molecule has 0 aliphatic rings. The van der Waals surface area contributed by atoms with Gasteiger partial charge >= 0.3 is 0 Å². The lowest BCUT2D eigenvalue weighted by molar-refractivity contribution is -0.121. The van der Waals surface area contributed by atoms with Crippen LogP contribution in [0.2, 0.25) is 0 Å². The highest BCUT2D eigenvalue weighted by Crippen LogP contribution is 2.21. The number of nitrogens with one attached hydrogen (secondary N) is 1. The Morgan fingerprint density at radius 3 is 2.79 bits per heavy atom. The number of pyridine rings is 1. The van der Waals surface area contributed by atoms with E-state index in [1.54, 1.807) is 7.11 Å². The fourth-order valence-electron chi connectivity index (χ4n) is 2.71. The maximum atomic E-state index is 12.2. The molecule has 1 N–H and O–H groups in total. The molecule has 2 heterocycles. The average molecular weight is 323 g/mol. The highest BCUT2D eigenvalue weighted by atomic mass is 16.5. The van der Waals surface area contributed by atoms with Crippen LogP contribution >= 0.6 is 0 Å². The molecule has 1 aromatic carbocycles. The minimum absolute atomic E-state index is 0.0194. The van der Waals surface area contributed by atoms with Crippen molar-refractivity contribution in [3.63, 3.8) is 0 Å². The molecule has 0 saturated heterocycles. The van der Waals surface area contributed by atoms with Crippen molar-refractivity contribution < 1.29 is 9.53 Å². The number of hydrogen-bond acceptors (Lipinski definition) is 3. The van der Waals surface area contributed by atoms with Crippen molar-refractivity contribution in [2.75, 3.05) is 7.11 Å². The number of benzene rings is 1. The quantitative estimate of drug-likeness (QED) is 0.758. The molecule has 0 aliphatic heterocycles. The lowest BCUT2D eigenvalue weighted by atomic mass is 9.97. The number of hydrogen-bond donors (Lipinski definition) is 1. The molecule has 0 saturated carbocycles. The van der Waals surface area contributed by atoms with E-state index in [2.05, 4.69) is 10.3 Å². The van der Waals surface area contributed by atoms with Crippen molar-refractivity contribution in [3.8, 4) is 5.75 Å². The van der Waals surface area contributed by atoms with Gasteiger partial charge in [0.05, 0.1) is 25.4 Å². The number of fused-ring (bicyclic) bond motifs is 1. The molecule has 0 aliphatic carbocycles. The second-order valence-corrected chi connectivity index (χ2v) is 5.82. The smallest absolute Gasteiger partial charge is 0.220 e. The zero-order valence-corrected chi connectivity index (χ0v) is 13.9. The second-order valence-electron chi connectivity index (χ2n) is 5.82. The number of carbonyl (C=O) groups is 1. The summed E-state index contributed by atoms with van der Waals surface area (Å²) in [5, 5.41) is 2.95. The molecular formula is C19H21N3O2. The maximum absolute atomic E-state index is 12.2. The van der Waals surface area contributed by atoms with Gasteiger partial charge in [0.1, 0.15) is 11.6 Å². The summed E-state index contributed by atoms with van der Waals surface area (Å²) >= 11 is 0. The van der Waals surface area contributed by atoms with E-state index in [1.165, 1.54) is 0 Å². The monoisotopic (exact) mass is 323 g/mol. The van der Waals surface area contributed by atoms with E-state index in [0.29, 0.717) is 13.0 Å². The van der Waals surface area contributed by atoms with Crippen LogP contribution in [-0.2, 0) is 11.3 Å². The third kappa shape index (κ3) is 3.56. The van der Waals surface area contributed by atoms with Gasteiger partial charge in [-0.3, -0.25) is 4.79 Å². The third-order valence-electron chi connectivity index (χ3n) is 4.14. The summed E-state index contributed by atoms with van der Waals surface area (Å²) in [5.74, 6) is 1.82. The molecular weight excluding hydrogens is 302 g/mol. The highest BCUT2D eigenvalue weighted by Gasteiger charge is 2.12. The molecule has 0 spiro atoms. The number of aromatic nitrogens is 2. The standard InChI is InChI=1S/C19H21N3O2/c1-14(15-6-8-17(24-2)9-7-15)11-19(23)21-13-18-20-12-16-5-3-4-10-22(16)18/h3-10,12,14H,11,13H2,1-2H3,(H,21,23). The van der Waals surface area contributed by atoms with Crippen molar-refractivity contribution in [1.82, 2.24) is 14.7 Å².